The number of amidine groups is 1. The van der Waals surface area contributed by atoms with E-state index in [0.29, 0.717) is 26.5 Å². The molecule has 13 heteroatoms. The van der Waals surface area contributed by atoms with Crippen LogP contribution in [0.25, 0.3) is 11.4 Å². The van der Waals surface area contributed by atoms with Crippen LogP contribution in [0.15, 0.2) is 44.6 Å². The van der Waals surface area contributed by atoms with Crippen LogP contribution in [0, 0.1) is 6.92 Å². The van der Waals surface area contributed by atoms with Crippen molar-refractivity contribution in [2.75, 3.05) is 13.1 Å². The molecular formula is C18H15ClF3N7S2. The number of aryl methyl sites for hydroxylation is 1. The first kappa shape index (κ1) is 21.9. The van der Waals surface area contributed by atoms with E-state index in [2.05, 4.69) is 35.5 Å². The molecule has 0 unspecified atom stereocenters. The van der Waals surface area contributed by atoms with E-state index in [9.17, 15) is 13.2 Å². The van der Waals surface area contributed by atoms with E-state index in [4.69, 9.17) is 11.6 Å². The number of halogens is 4. The van der Waals surface area contributed by atoms with Crippen molar-refractivity contribution >= 4 is 40.3 Å². The molecule has 0 saturated carbocycles. The summed E-state index contributed by atoms with van der Waals surface area (Å²) >= 11 is 8.52. The smallest absolute Gasteiger partial charge is 0.364 e. The van der Waals surface area contributed by atoms with Gasteiger partial charge < -0.3 is 5.32 Å². The monoisotopic (exact) mass is 485 g/mol. The lowest BCUT2D eigenvalue weighted by atomic mass is 10.1. The number of H-pyrrole nitrogens is 1. The first-order valence-corrected chi connectivity index (χ1v) is 11.1. The molecule has 1 aliphatic heterocycles. The van der Waals surface area contributed by atoms with Gasteiger partial charge in [-0.1, -0.05) is 11.6 Å². The van der Waals surface area contributed by atoms with E-state index in [0.717, 1.165) is 48.6 Å². The van der Waals surface area contributed by atoms with Gasteiger partial charge in [-0.25, -0.2) is 15.0 Å². The quantitative estimate of drug-likeness (QED) is 0.403. The number of hydrogen-bond donors (Lipinski definition) is 2. The Bertz CT molecular complexity index is 1130. The first-order chi connectivity index (χ1) is 14.8. The second-order valence-electron chi connectivity index (χ2n) is 6.53. The summed E-state index contributed by atoms with van der Waals surface area (Å²) in [5, 5.41) is 12.1. The number of alkyl halides is 3. The third-order valence-electron chi connectivity index (χ3n) is 4.04. The summed E-state index contributed by atoms with van der Waals surface area (Å²) in [6.07, 6.45) is -3.47. The Morgan fingerprint density at radius 3 is 2.61 bits per heavy atom. The van der Waals surface area contributed by atoms with Crippen molar-refractivity contribution in [3.63, 3.8) is 0 Å². The van der Waals surface area contributed by atoms with Gasteiger partial charge in [0.15, 0.2) is 16.1 Å². The van der Waals surface area contributed by atoms with Crippen molar-refractivity contribution < 1.29 is 13.2 Å². The van der Waals surface area contributed by atoms with Gasteiger partial charge in [-0.05, 0) is 60.6 Å². The third kappa shape index (κ3) is 5.69. The number of rotatable bonds is 4. The Balaban J connectivity index is 1.54. The predicted octanol–water partition coefficient (Wildman–Crippen LogP) is 4.83. The highest BCUT2D eigenvalue weighted by Crippen LogP contribution is 2.33. The predicted molar refractivity (Wildman–Crippen MR) is 114 cm³/mol. The molecule has 0 spiro atoms. The number of aromatic amines is 1. The molecule has 2 aromatic heterocycles. The first-order valence-electron chi connectivity index (χ1n) is 9.06. The van der Waals surface area contributed by atoms with Gasteiger partial charge in [0, 0.05) is 24.7 Å². The summed E-state index contributed by atoms with van der Waals surface area (Å²) < 4.78 is 39.3. The SMILES string of the molecule is Cc1cc(-c2nc(Sc3cc(Cl)nc(SC4=NCCCN4)n3)n[nH]2)cc(C(F)(F)F)c1. The minimum atomic E-state index is -4.44. The van der Waals surface area contributed by atoms with Crippen LogP contribution in [-0.4, -0.2) is 43.4 Å². The largest absolute Gasteiger partial charge is 0.416 e. The Labute approximate surface area is 188 Å². The average molecular weight is 486 g/mol. The summed E-state index contributed by atoms with van der Waals surface area (Å²) in [5.74, 6) is 0.229. The van der Waals surface area contributed by atoms with Crippen LogP contribution in [0.2, 0.25) is 5.15 Å². The van der Waals surface area contributed by atoms with Crippen LogP contribution in [0.5, 0.6) is 0 Å². The second-order valence-corrected chi connectivity index (χ2v) is 8.87. The van der Waals surface area contributed by atoms with Crippen LogP contribution < -0.4 is 5.32 Å². The number of nitrogens with one attached hydrogen (secondary N) is 2. The minimum Gasteiger partial charge on any atom is -0.364 e. The van der Waals surface area contributed by atoms with Gasteiger partial charge in [-0.2, -0.15) is 13.2 Å². The molecule has 31 heavy (non-hydrogen) atoms. The molecule has 162 valence electrons. The van der Waals surface area contributed by atoms with Gasteiger partial charge >= 0.3 is 6.18 Å². The molecule has 0 fully saturated rings. The molecule has 7 nitrogen and oxygen atoms in total. The Morgan fingerprint density at radius 2 is 1.87 bits per heavy atom. The number of benzene rings is 1. The normalized spacial score (nSPS) is 14.3. The Hall–Kier alpha value is -2.31. The lowest BCUT2D eigenvalue weighted by Gasteiger charge is -2.12. The molecule has 3 heterocycles. The maximum absolute atomic E-state index is 13.1. The second kappa shape index (κ2) is 9.05. The van der Waals surface area contributed by atoms with E-state index in [-0.39, 0.29) is 11.0 Å². The minimum absolute atomic E-state index is 0.229. The zero-order chi connectivity index (χ0) is 22.0. The van der Waals surface area contributed by atoms with Crippen molar-refractivity contribution in [3.05, 3.63) is 40.5 Å². The molecule has 0 bridgehead atoms. The Kier molecular flexibility index (Phi) is 6.39. The molecule has 3 aromatic rings. The maximum atomic E-state index is 13.1. The van der Waals surface area contributed by atoms with Crippen molar-refractivity contribution in [1.82, 2.24) is 30.5 Å². The highest BCUT2D eigenvalue weighted by Gasteiger charge is 2.31. The topological polar surface area (TPSA) is 91.7 Å². The standard InChI is InChI=1S/C18H15ClF3N7S2/c1-9-5-10(7-11(6-9)18(20,21)22)14-27-17(29-28-14)30-13-8-12(19)25-16(26-13)31-15-23-3-2-4-24-15/h5-8H,2-4H2,1H3,(H,23,24)(H,27,28,29). The maximum Gasteiger partial charge on any atom is 0.416 e. The fraction of sp³-hybridized carbons (Fsp3) is 0.278. The number of aliphatic imine (C=N–C) groups is 1. The van der Waals surface area contributed by atoms with Gasteiger partial charge in [-0.3, -0.25) is 10.1 Å². The molecule has 0 amide bonds. The van der Waals surface area contributed by atoms with E-state index in [1.807, 2.05) is 0 Å². The van der Waals surface area contributed by atoms with Gasteiger partial charge in [0.1, 0.15) is 10.2 Å². The molecule has 0 saturated heterocycles. The van der Waals surface area contributed by atoms with Crippen molar-refractivity contribution in [2.24, 2.45) is 4.99 Å². The Morgan fingerprint density at radius 1 is 1.03 bits per heavy atom. The lowest BCUT2D eigenvalue weighted by Crippen LogP contribution is -2.26. The van der Waals surface area contributed by atoms with Crippen molar-refractivity contribution in [3.8, 4) is 11.4 Å². The number of hydrogen-bond acceptors (Lipinski definition) is 8. The molecule has 1 aliphatic rings. The van der Waals surface area contributed by atoms with Gasteiger partial charge in [0.2, 0.25) is 5.16 Å². The summed E-state index contributed by atoms with van der Waals surface area (Å²) in [6, 6.07) is 5.30. The van der Waals surface area contributed by atoms with Gasteiger partial charge in [0.05, 0.1) is 5.56 Å². The fourth-order valence-corrected chi connectivity index (χ4v) is 4.60. The zero-order valence-electron chi connectivity index (χ0n) is 16.0. The molecule has 0 atom stereocenters. The van der Waals surface area contributed by atoms with Crippen LogP contribution in [-0.2, 0) is 6.18 Å². The van der Waals surface area contributed by atoms with Crippen molar-refractivity contribution in [1.29, 1.82) is 0 Å². The molecule has 2 N–H and O–H groups in total. The molecule has 0 radical (unpaired) electrons. The number of aromatic nitrogens is 5. The van der Waals surface area contributed by atoms with Gasteiger partial charge in [0.25, 0.3) is 0 Å². The average Bonchev–Trinajstić information content (AvgIpc) is 3.16. The third-order valence-corrected chi connectivity index (χ3v) is 5.85. The van der Waals surface area contributed by atoms with E-state index in [1.54, 1.807) is 19.1 Å². The van der Waals surface area contributed by atoms with Crippen LogP contribution in [0.1, 0.15) is 17.5 Å². The highest BCUT2D eigenvalue weighted by molar-refractivity contribution is 8.13. The summed E-state index contributed by atoms with van der Waals surface area (Å²) in [4.78, 5) is 17.3. The van der Waals surface area contributed by atoms with E-state index >= 15 is 0 Å². The van der Waals surface area contributed by atoms with Crippen LogP contribution in [0.4, 0.5) is 13.2 Å². The zero-order valence-corrected chi connectivity index (χ0v) is 18.4. The van der Waals surface area contributed by atoms with E-state index in [1.165, 1.54) is 11.8 Å². The summed E-state index contributed by atoms with van der Waals surface area (Å²) in [7, 11) is 0. The number of thioether (sulfide) groups is 1. The highest BCUT2D eigenvalue weighted by atomic mass is 35.5. The summed E-state index contributed by atoms with van der Waals surface area (Å²) in [5.41, 5.74) is 0.0283. The van der Waals surface area contributed by atoms with Crippen LogP contribution >= 0.6 is 35.1 Å². The lowest BCUT2D eigenvalue weighted by molar-refractivity contribution is -0.137. The van der Waals surface area contributed by atoms with Gasteiger partial charge in [-0.15, -0.1) is 5.10 Å². The fourth-order valence-electron chi connectivity index (χ4n) is 2.74. The number of nitrogens with zero attached hydrogens (tertiary/aromatic N) is 5. The van der Waals surface area contributed by atoms with E-state index < -0.39 is 11.7 Å². The molecule has 0 aliphatic carbocycles. The van der Waals surface area contributed by atoms with Crippen LogP contribution in [0.3, 0.4) is 0 Å². The molecule has 1 aromatic carbocycles. The van der Waals surface area contributed by atoms with Crippen molar-refractivity contribution in [2.45, 2.75) is 34.9 Å². The summed E-state index contributed by atoms with van der Waals surface area (Å²) in [6.45, 7) is 3.17. The molecule has 4 rings (SSSR count). The molecular weight excluding hydrogens is 471 g/mol.